The zero-order chi connectivity index (χ0) is 38.3. The summed E-state index contributed by atoms with van der Waals surface area (Å²) < 4.78 is 149. The van der Waals surface area contributed by atoms with E-state index in [1.165, 1.54) is 19.1 Å². The van der Waals surface area contributed by atoms with E-state index in [0.29, 0.717) is 16.7 Å². The van der Waals surface area contributed by atoms with E-state index in [9.17, 15) is 66.2 Å². The Hall–Kier alpha value is -1.03. The molecule has 0 saturated heterocycles. The number of halogens is 1. The van der Waals surface area contributed by atoms with Gasteiger partial charge in [0.15, 0.2) is 11.6 Å². The van der Waals surface area contributed by atoms with Crippen LogP contribution < -0.4 is 16.2 Å². The van der Waals surface area contributed by atoms with Crippen LogP contribution in [0.4, 0.5) is 39.0 Å². The maximum Gasteiger partial charge on any atom is 0.315 e. The first-order valence-corrected chi connectivity index (χ1v) is 19.3. The molecule has 0 bridgehead atoms. The molecule has 0 amide bonds. The maximum absolute atomic E-state index is 14.4. The molecule has 4 aromatic rings. The molecule has 0 atom stereocenters. The topological polar surface area (TPSA) is 347 Å². The number of pyridine rings is 1. The van der Waals surface area contributed by atoms with Crippen LogP contribution in [0.15, 0.2) is 66.1 Å². The number of aromatic hydroxyl groups is 1. The maximum atomic E-state index is 14.4. The van der Waals surface area contributed by atoms with Gasteiger partial charge in [0, 0.05) is 136 Å². The molecule has 0 spiro atoms. The minimum absolute atomic E-state index is 0. The van der Waals surface area contributed by atoms with Crippen LogP contribution in [0, 0.1) is 13.0 Å². The van der Waals surface area contributed by atoms with Crippen molar-refractivity contribution < 1.29 is 61.4 Å². The van der Waals surface area contributed by atoms with Crippen LogP contribution in [0.25, 0.3) is 0 Å². The van der Waals surface area contributed by atoms with E-state index < -0.39 is 113 Å². The fraction of sp³-hybridized carbons (Fsp3) is 0.167. The van der Waals surface area contributed by atoms with Crippen molar-refractivity contribution in [1.82, 2.24) is 19.5 Å². The van der Waals surface area contributed by atoms with E-state index in [2.05, 4.69) is 35.8 Å². The van der Waals surface area contributed by atoms with Gasteiger partial charge in [0.2, 0.25) is 11.9 Å². The molecule has 4 rings (SSSR count). The molecule has 2 heterocycles. The Morgan fingerprint density at radius 2 is 1.35 bits per heavy atom. The first-order chi connectivity index (χ1) is 23.4. The molecular weight excluding hydrogens is 864 g/mol. The second kappa shape index (κ2) is 20.8. The van der Waals surface area contributed by atoms with Gasteiger partial charge in [-0.25, -0.2) is 0 Å². The third kappa shape index (κ3) is 14.0. The molecule has 22 nitrogen and oxygen atoms in total. The van der Waals surface area contributed by atoms with Gasteiger partial charge in [0.25, 0.3) is 46.0 Å². The first kappa shape index (κ1) is 54.0. The molecule has 2 aromatic heterocycles. The summed E-state index contributed by atoms with van der Waals surface area (Å²) in [4.78, 5) is 20.4. The molecule has 0 unspecified atom stereocenters. The first-order valence-electron chi connectivity index (χ1n) is 13.4. The van der Waals surface area contributed by atoms with Crippen molar-refractivity contribution in [1.29, 1.82) is 0 Å². The van der Waals surface area contributed by atoms with Crippen molar-refractivity contribution in [3.63, 3.8) is 0 Å². The van der Waals surface area contributed by atoms with Crippen molar-refractivity contribution in [3.8, 4) is 5.88 Å². The van der Waals surface area contributed by atoms with Gasteiger partial charge in [0.1, 0.15) is 21.2 Å². The molecule has 0 fully saturated rings. The van der Waals surface area contributed by atoms with Gasteiger partial charge >= 0.3 is 6.08 Å². The van der Waals surface area contributed by atoms with Crippen molar-refractivity contribution in [2.24, 2.45) is 10.2 Å². The van der Waals surface area contributed by atoms with Crippen LogP contribution in [0.1, 0.15) is 18.1 Å². The summed E-state index contributed by atoms with van der Waals surface area (Å²) in [6.45, 7) is 2.20. The molecule has 55 heavy (non-hydrogen) atoms. The van der Waals surface area contributed by atoms with Crippen molar-refractivity contribution in [3.05, 3.63) is 64.0 Å². The van der Waals surface area contributed by atoms with Crippen LogP contribution in [0.2, 0.25) is 0 Å². The zero-order valence-electron chi connectivity index (χ0n) is 29.5. The fourth-order valence-corrected chi connectivity index (χ4v) is 6.84. The summed E-state index contributed by atoms with van der Waals surface area (Å²) in [6, 6.07) is 5.14. The van der Waals surface area contributed by atoms with Crippen LogP contribution in [-0.4, -0.2) is 195 Å². The van der Waals surface area contributed by atoms with E-state index in [4.69, 9.17) is 0 Å². The van der Waals surface area contributed by atoms with Gasteiger partial charge in [-0.15, -0.1) is 10.2 Å². The second-order valence-electron chi connectivity index (χ2n) is 10.0. The number of hydrogen-bond donors (Lipinski definition) is 7. The second-order valence-corrected chi connectivity index (χ2v) is 15.7. The SMILES string of the molecule is CCn1c(O)c(CS(=O)(=O)O)c(C)c(N=Nc2cc(S(=O)(=O)O)c(Nc3nc(F)nc(Nc4cccc(S(=O)(=O)O)c4)n3)cc2S(=O)(=O)O)c1=O.[Na].[Na].[Na].[Na]. The van der Waals surface area contributed by atoms with E-state index in [0.717, 1.165) is 19.1 Å². The van der Waals surface area contributed by atoms with E-state index >= 15 is 0 Å². The number of hydrogen-bond acceptors (Lipinski definition) is 17. The quantitative estimate of drug-likeness (QED) is 0.0585. The number of rotatable bonds is 12. The Labute approximate surface area is 400 Å². The molecular formula is C24H23FN8Na4O14S4. The number of nitrogens with zero attached hydrogens (tertiary/aromatic N) is 6. The van der Waals surface area contributed by atoms with Gasteiger partial charge in [-0.2, -0.15) is 53.0 Å². The Morgan fingerprint density at radius 3 is 1.85 bits per heavy atom. The minimum atomic E-state index is -5.38. The number of benzene rings is 2. The van der Waals surface area contributed by atoms with Crippen molar-refractivity contribution in [2.75, 3.05) is 10.6 Å². The molecule has 7 N–H and O–H groups in total. The summed E-state index contributed by atoms with van der Waals surface area (Å²) in [6.07, 6.45) is -1.52. The zero-order valence-corrected chi connectivity index (χ0v) is 40.7. The Bertz CT molecular complexity index is 2640. The minimum Gasteiger partial charge on any atom is -0.494 e. The average molecular weight is 887 g/mol. The standard InChI is InChI=1S/C24H23FN8O14S4.4Na/c1-3-33-20(34)14(10-48(36,37)38)11(2)19(21(33)35)32-31-16-9-17(50(42,43)44)15(8-18(16)51(45,46)47)27-24-29-22(25)28-23(30-24)26-12-5-4-6-13(7-12)49(39,40)41;;;;/h4-9,34H,3,10H2,1-2H3,(H,36,37,38)(H,39,40,41)(H,42,43,44)(H,45,46,47)(H2,26,27,28,29,30);;;;. The Morgan fingerprint density at radius 1 is 0.782 bits per heavy atom. The smallest absolute Gasteiger partial charge is 0.315 e. The molecule has 278 valence electrons. The average Bonchev–Trinajstić information content (AvgIpc) is 2.98. The van der Waals surface area contributed by atoms with Crippen LogP contribution in [-0.2, 0) is 52.8 Å². The molecule has 0 saturated carbocycles. The molecule has 0 aliphatic rings. The van der Waals surface area contributed by atoms with Gasteiger partial charge in [-0.1, -0.05) is 6.07 Å². The van der Waals surface area contributed by atoms with Crippen LogP contribution >= 0.6 is 0 Å². The molecule has 4 radical (unpaired) electrons. The van der Waals surface area contributed by atoms with E-state index in [1.807, 2.05) is 0 Å². The summed E-state index contributed by atoms with van der Waals surface area (Å²) in [7, 11) is -20.2. The summed E-state index contributed by atoms with van der Waals surface area (Å²) in [5, 5.41) is 22.1. The third-order valence-electron chi connectivity index (χ3n) is 6.54. The number of anilines is 4. The van der Waals surface area contributed by atoms with Crippen LogP contribution in [0.3, 0.4) is 0 Å². The van der Waals surface area contributed by atoms with Gasteiger partial charge in [0.05, 0.1) is 10.6 Å². The fourth-order valence-electron chi connectivity index (χ4n) is 4.32. The normalized spacial score (nSPS) is 11.8. The number of aromatic nitrogens is 4. The van der Waals surface area contributed by atoms with Gasteiger partial charge in [-0.05, 0) is 49.7 Å². The van der Waals surface area contributed by atoms with Crippen LogP contribution in [0.5, 0.6) is 5.88 Å². The van der Waals surface area contributed by atoms with E-state index in [-0.39, 0.29) is 136 Å². The summed E-state index contributed by atoms with van der Waals surface area (Å²) in [5.74, 6) is -3.52. The Kier molecular flexibility index (Phi) is 20.4. The Balaban J connectivity index is 0.00000729. The largest absolute Gasteiger partial charge is 0.494 e. The molecule has 31 heteroatoms. The molecule has 0 aliphatic heterocycles. The van der Waals surface area contributed by atoms with Gasteiger partial charge in [-0.3, -0.25) is 27.6 Å². The van der Waals surface area contributed by atoms with Crippen molar-refractivity contribution >= 4 is 193 Å². The predicted molar refractivity (Wildman–Crippen MR) is 194 cm³/mol. The number of azo groups is 1. The molecule has 2 aromatic carbocycles. The number of nitrogens with one attached hydrogen (secondary N) is 2. The van der Waals surface area contributed by atoms with Crippen molar-refractivity contribution in [2.45, 2.75) is 40.8 Å². The van der Waals surface area contributed by atoms with E-state index in [1.54, 1.807) is 0 Å². The summed E-state index contributed by atoms with van der Waals surface area (Å²) in [5.41, 5.74) is -4.68. The summed E-state index contributed by atoms with van der Waals surface area (Å²) >= 11 is 0. The molecule has 0 aliphatic carbocycles. The third-order valence-corrected chi connectivity index (χ3v) is 9.82. The predicted octanol–water partition coefficient (Wildman–Crippen LogP) is 0.714. The van der Waals surface area contributed by atoms with Gasteiger partial charge < -0.3 is 15.7 Å². The monoisotopic (exact) mass is 886 g/mol.